The fourth-order valence-electron chi connectivity index (χ4n) is 3.23. The fraction of sp³-hybridized carbons (Fsp3) is 0.600. The lowest BCUT2D eigenvalue weighted by Gasteiger charge is -2.37. The molecule has 1 aromatic carbocycles. The van der Waals surface area contributed by atoms with E-state index in [4.69, 9.17) is 10.5 Å². The van der Waals surface area contributed by atoms with Crippen LogP contribution in [0.4, 0.5) is 0 Å². The van der Waals surface area contributed by atoms with Crippen molar-refractivity contribution >= 4 is 11.8 Å². The number of amides is 2. The lowest BCUT2D eigenvalue weighted by Crippen LogP contribution is -2.51. The third kappa shape index (κ3) is 6.33. The van der Waals surface area contributed by atoms with Crippen LogP contribution in [0.15, 0.2) is 30.3 Å². The van der Waals surface area contributed by atoms with E-state index < -0.39 is 0 Å². The van der Waals surface area contributed by atoms with Gasteiger partial charge in [0, 0.05) is 38.0 Å². The molecule has 0 aromatic heterocycles. The van der Waals surface area contributed by atoms with Crippen LogP contribution in [0, 0.1) is 5.92 Å². The summed E-state index contributed by atoms with van der Waals surface area (Å²) in [5.74, 6) is 0.832. The van der Waals surface area contributed by atoms with Crippen molar-refractivity contribution in [2.24, 2.45) is 11.7 Å². The second-order valence-corrected chi connectivity index (χ2v) is 6.88. The highest BCUT2D eigenvalue weighted by Gasteiger charge is 2.29. The third-order valence-corrected chi connectivity index (χ3v) is 4.80. The van der Waals surface area contributed by atoms with Gasteiger partial charge in [-0.15, -0.1) is 0 Å². The molecule has 0 spiro atoms. The van der Waals surface area contributed by atoms with Crippen molar-refractivity contribution in [3.63, 3.8) is 0 Å². The summed E-state index contributed by atoms with van der Waals surface area (Å²) in [6.45, 7) is 4.09. The van der Waals surface area contributed by atoms with Crippen molar-refractivity contribution < 1.29 is 14.3 Å². The zero-order valence-electron chi connectivity index (χ0n) is 15.7. The minimum absolute atomic E-state index is 0.0465. The molecule has 26 heavy (non-hydrogen) atoms. The first-order valence-corrected chi connectivity index (χ1v) is 9.57. The Labute approximate surface area is 156 Å². The van der Waals surface area contributed by atoms with E-state index in [1.807, 2.05) is 42.2 Å². The molecule has 2 atom stereocenters. The maximum atomic E-state index is 12.9. The normalized spacial score (nSPS) is 18.2. The Hall–Kier alpha value is -2.08. The standard InChI is InChI=1S/C20H31N3O3/c1-16(11-14-26-18-8-3-2-4-9-18)20(25)23-13-6-5-7-17(23)15-22-19(24)10-12-21/h2-4,8-9,16-17H,5-7,10-15,21H2,1H3,(H,22,24). The topological polar surface area (TPSA) is 84.7 Å². The molecule has 1 aliphatic heterocycles. The molecule has 0 radical (unpaired) electrons. The predicted molar refractivity (Wildman–Crippen MR) is 102 cm³/mol. The minimum atomic E-state index is -0.0981. The van der Waals surface area contributed by atoms with Crippen LogP contribution in [0.1, 0.15) is 39.0 Å². The number of carbonyl (C=O) groups is 2. The first kappa shape index (κ1) is 20.2. The molecule has 1 aliphatic rings. The van der Waals surface area contributed by atoms with Gasteiger partial charge >= 0.3 is 0 Å². The molecule has 0 saturated carbocycles. The van der Waals surface area contributed by atoms with Crippen LogP contribution in [-0.2, 0) is 9.59 Å². The van der Waals surface area contributed by atoms with Gasteiger partial charge in [0.25, 0.3) is 0 Å². The molecule has 0 bridgehead atoms. The molecule has 2 rings (SSSR count). The quantitative estimate of drug-likeness (QED) is 0.704. The summed E-state index contributed by atoms with van der Waals surface area (Å²) in [5, 5.41) is 2.90. The van der Waals surface area contributed by atoms with E-state index in [-0.39, 0.29) is 23.8 Å². The smallest absolute Gasteiger partial charge is 0.225 e. The molecule has 2 unspecified atom stereocenters. The largest absolute Gasteiger partial charge is 0.494 e. The summed E-state index contributed by atoms with van der Waals surface area (Å²) in [6.07, 6.45) is 4.05. The Kier molecular flexibility index (Phi) is 8.41. The van der Waals surface area contributed by atoms with Crippen LogP contribution >= 0.6 is 0 Å². The van der Waals surface area contributed by atoms with E-state index in [0.29, 0.717) is 32.5 Å². The molecule has 6 nitrogen and oxygen atoms in total. The Morgan fingerprint density at radius 3 is 2.81 bits per heavy atom. The van der Waals surface area contributed by atoms with Crippen molar-refractivity contribution in [3.05, 3.63) is 30.3 Å². The number of nitrogens with one attached hydrogen (secondary N) is 1. The van der Waals surface area contributed by atoms with E-state index in [1.54, 1.807) is 0 Å². The monoisotopic (exact) mass is 361 g/mol. The summed E-state index contributed by atoms with van der Waals surface area (Å²) in [7, 11) is 0. The lowest BCUT2D eigenvalue weighted by atomic mass is 9.98. The van der Waals surface area contributed by atoms with Crippen LogP contribution in [-0.4, -0.2) is 49.0 Å². The number of carbonyl (C=O) groups excluding carboxylic acids is 2. The number of likely N-dealkylation sites (tertiary alicyclic amines) is 1. The number of ether oxygens (including phenoxy) is 1. The van der Waals surface area contributed by atoms with E-state index in [0.717, 1.165) is 31.6 Å². The van der Waals surface area contributed by atoms with Gasteiger partial charge < -0.3 is 20.7 Å². The minimum Gasteiger partial charge on any atom is -0.494 e. The molecule has 2 amide bonds. The second kappa shape index (κ2) is 10.8. The van der Waals surface area contributed by atoms with Crippen LogP contribution in [0.3, 0.4) is 0 Å². The van der Waals surface area contributed by atoms with Crippen molar-refractivity contribution in [3.8, 4) is 5.75 Å². The van der Waals surface area contributed by atoms with E-state index in [1.165, 1.54) is 0 Å². The van der Waals surface area contributed by atoms with Gasteiger partial charge in [-0.25, -0.2) is 0 Å². The van der Waals surface area contributed by atoms with Crippen LogP contribution in [0.2, 0.25) is 0 Å². The zero-order valence-corrected chi connectivity index (χ0v) is 15.7. The fourth-order valence-corrected chi connectivity index (χ4v) is 3.23. The number of benzene rings is 1. The van der Waals surface area contributed by atoms with Crippen molar-refractivity contribution in [2.45, 2.75) is 45.1 Å². The maximum Gasteiger partial charge on any atom is 0.225 e. The molecular formula is C20H31N3O3. The highest BCUT2D eigenvalue weighted by Crippen LogP contribution is 2.20. The summed E-state index contributed by atoms with van der Waals surface area (Å²) in [4.78, 5) is 26.5. The maximum absolute atomic E-state index is 12.9. The van der Waals surface area contributed by atoms with E-state index >= 15 is 0 Å². The lowest BCUT2D eigenvalue weighted by molar-refractivity contribution is -0.139. The molecule has 1 saturated heterocycles. The van der Waals surface area contributed by atoms with E-state index in [2.05, 4.69) is 5.32 Å². The van der Waals surface area contributed by atoms with Gasteiger partial charge in [0.1, 0.15) is 5.75 Å². The second-order valence-electron chi connectivity index (χ2n) is 6.88. The van der Waals surface area contributed by atoms with Crippen LogP contribution in [0.5, 0.6) is 5.75 Å². The molecule has 6 heteroatoms. The van der Waals surface area contributed by atoms with Crippen molar-refractivity contribution in [1.82, 2.24) is 10.2 Å². The average molecular weight is 361 g/mol. The Balaban J connectivity index is 1.80. The van der Waals surface area contributed by atoms with E-state index in [9.17, 15) is 9.59 Å². The summed E-state index contributed by atoms with van der Waals surface area (Å²) >= 11 is 0. The van der Waals surface area contributed by atoms with Gasteiger partial charge in [-0.2, -0.15) is 0 Å². The van der Waals surface area contributed by atoms with Gasteiger partial charge in [0.15, 0.2) is 0 Å². The highest BCUT2D eigenvalue weighted by atomic mass is 16.5. The predicted octanol–water partition coefficient (Wildman–Crippen LogP) is 1.94. The van der Waals surface area contributed by atoms with Crippen LogP contribution < -0.4 is 15.8 Å². The SMILES string of the molecule is CC(CCOc1ccccc1)C(=O)N1CCCCC1CNC(=O)CCN. The molecular weight excluding hydrogens is 330 g/mol. The number of piperidine rings is 1. The van der Waals surface area contributed by atoms with Gasteiger partial charge in [-0.3, -0.25) is 9.59 Å². The Morgan fingerprint density at radius 2 is 2.08 bits per heavy atom. The average Bonchev–Trinajstić information content (AvgIpc) is 2.67. The molecule has 144 valence electrons. The van der Waals surface area contributed by atoms with Gasteiger partial charge in [0.05, 0.1) is 6.61 Å². The number of rotatable bonds is 9. The molecule has 0 aliphatic carbocycles. The van der Waals surface area contributed by atoms with Crippen molar-refractivity contribution in [2.75, 3.05) is 26.2 Å². The first-order valence-electron chi connectivity index (χ1n) is 9.57. The summed E-state index contributed by atoms with van der Waals surface area (Å²) < 4.78 is 5.71. The molecule has 1 aromatic rings. The molecule has 1 heterocycles. The highest BCUT2D eigenvalue weighted by molar-refractivity contribution is 5.79. The first-order chi connectivity index (χ1) is 12.6. The number of hydrogen-bond acceptors (Lipinski definition) is 4. The Bertz CT molecular complexity index is 565. The van der Waals surface area contributed by atoms with Gasteiger partial charge in [-0.1, -0.05) is 25.1 Å². The molecule has 3 N–H and O–H groups in total. The van der Waals surface area contributed by atoms with Gasteiger partial charge in [0.2, 0.25) is 11.8 Å². The summed E-state index contributed by atoms with van der Waals surface area (Å²) in [5.41, 5.74) is 5.40. The molecule has 1 fully saturated rings. The van der Waals surface area contributed by atoms with Crippen molar-refractivity contribution in [1.29, 1.82) is 0 Å². The third-order valence-electron chi connectivity index (χ3n) is 4.80. The number of nitrogens with two attached hydrogens (primary N) is 1. The number of nitrogens with zero attached hydrogens (tertiary/aromatic N) is 1. The van der Waals surface area contributed by atoms with Gasteiger partial charge in [-0.05, 0) is 37.8 Å². The summed E-state index contributed by atoms with van der Waals surface area (Å²) in [6, 6.07) is 9.72. The zero-order chi connectivity index (χ0) is 18.8. The number of para-hydroxylation sites is 1. The van der Waals surface area contributed by atoms with Crippen LogP contribution in [0.25, 0.3) is 0 Å². The Morgan fingerprint density at radius 1 is 1.31 bits per heavy atom. The number of hydrogen-bond donors (Lipinski definition) is 2.